The van der Waals surface area contributed by atoms with E-state index in [1.165, 1.54) is 32.1 Å². The molecule has 0 N–H and O–H groups in total. The summed E-state index contributed by atoms with van der Waals surface area (Å²) in [7, 11) is -1.59. The highest BCUT2D eigenvalue weighted by atomic mass is 32.2. The Hall–Kier alpha value is -0.130. The van der Waals surface area contributed by atoms with Crippen LogP contribution in [0.2, 0.25) is 0 Å². The Morgan fingerprint density at radius 1 is 1.22 bits per heavy atom. The van der Waals surface area contributed by atoms with Crippen LogP contribution >= 0.6 is 0 Å². The zero-order chi connectivity index (χ0) is 13.2. The molecule has 1 heterocycles. The van der Waals surface area contributed by atoms with E-state index in [1.54, 1.807) is 11.4 Å². The van der Waals surface area contributed by atoms with Gasteiger partial charge in [-0.05, 0) is 38.0 Å². The summed E-state index contributed by atoms with van der Waals surface area (Å²) >= 11 is 0. The van der Waals surface area contributed by atoms with Crippen molar-refractivity contribution in [2.75, 3.05) is 26.0 Å². The van der Waals surface area contributed by atoms with Crippen molar-refractivity contribution in [2.45, 2.75) is 51.6 Å². The van der Waals surface area contributed by atoms with Crippen LogP contribution in [0.15, 0.2) is 0 Å². The summed E-state index contributed by atoms with van der Waals surface area (Å²) in [6, 6.07) is 0. The van der Waals surface area contributed by atoms with Gasteiger partial charge >= 0.3 is 0 Å². The first-order chi connectivity index (χ1) is 8.47. The van der Waals surface area contributed by atoms with Crippen LogP contribution in [0.5, 0.6) is 0 Å². The van der Waals surface area contributed by atoms with Crippen molar-refractivity contribution in [1.82, 2.24) is 4.31 Å². The minimum absolute atomic E-state index is 0.111. The Morgan fingerprint density at radius 2 is 1.83 bits per heavy atom. The van der Waals surface area contributed by atoms with Crippen LogP contribution in [0.4, 0.5) is 0 Å². The molecule has 2 aliphatic rings. The van der Waals surface area contributed by atoms with Crippen LogP contribution in [0, 0.1) is 5.41 Å². The third kappa shape index (κ3) is 3.06. The van der Waals surface area contributed by atoms with Gasteiger partial charge in [-0.15, -0.1) is 0 Å². The monoisotopic (exact) mass is 275 g/mol. The average Bonchev–Trinajstić information content (AvgIpc) is 2.76. The first-order valence-corrected chi connectivity index (χ1v) is 8.59. The van der Waals surface area contributed by atoms with E-state index in [0.29, 0.717) is 12.0 Å². The van der Waals surface area contributed by atoms with E-state index in [4.69, 9.17) is 4.74 Å². The molecule has 1 atom stereocenters. The highest BCUT2D eigenvalue weighted by Crippen LogP contribution is 2.45. The lowest BCUT2D eigenvalue weighted by molar-refractivity contribution is 0.128. The largest absolute Gasteiger partial charge is 0.381 e. The van der Waals surface area contributed by atoms with Gasteiger partial charge in [0.05, 0.1) is 11.9 Å². The molecule has 0 amide bonds. The molecule has 0 radical (unpaired) electrons. The Balaban J connectivity index is 2.04. The van der Waals surface area contributed by atoms with Gasteiger partial charge in [0.2, 0.25) is 10.0 Å². The number of rotatable bonds is 4. The van der Waals surface area contributed by atoms with Gasteiger partial charge in [-0.2, -0.15) is 0 Å². The summed E-state index contributed by atoms with van der Waals surface area (Å²) in [6.45, 7) is 3.25. The summed E-state index contributed by atoms with van der Waals surface area (Å²) < 4.78 is 31.5. The second-order valence-corrected chi connectivity index (χ2v) is 7.98. The second-order valence-electron chi connectivity index (χ2n) is 5.97. The number of nitrogens with zero attached hydrogens (tertiary/aromatic N) is 1. The van der Waals surface area contributed by atoms with Crippen molar-refractivity contribution < 1.29 is 13.2 Å². The van der Waals surface area contributed by atoms with Crippen LogP contribution in [0.1, 0.15) is 45.4 Å². The quantitative estimate of drug-likeness (QED) is 0.788. The summed E-state index contributed by atoms with van der Waals surface area (Å²) in [4.78, 5) is 0. The lowest BCUT2D eigenvalue weighted by atomic mass is 9.79. The SMILES string of the molecule is CO[C@H](C)CS(=O)(=O)N1CCCC2(CCCC2)C1. The number of sulfonamides is 1. The number of hydrogen-bond acceptors (Lipinski definition) is 3. The number of methoxy groups -OCH3 is 1. The molecule has 0 unspecified atom stereocenters. The first-order valence-electron chi connectivity index (χ1n) is 6.98. The molecule has 1 aliphatic heterocycles. The van der Waals surface area contributed by atoms with E-state index in [0.717, 1.165) is 13.0 Å². The molecule has 0 aromatic rings. The van der Waals surface area contributed by atoms with E-state index in [2.05, 4.69) is 0 Å². The molecular formula is C13H25NO3S. The maximum Gasteiger partial charge on any atom is 0.216 e. The van der Waals surface area contributed by atoms with Crippen LogP contribution in [-0.2, 0) is 14.8 Å². The smallest absolute Gasteiger partial charge is 0.216 e. The molecule has 1 spiro atoms. The van der Waals surface area contributed by atoms with Crippen molar-refractivity contribution in [3.8, 4) is 0 Å². The molecule has 5 heteroatoms. The molecule has 18 heavy (non-hydrogen) atoms. The Morgan fingerprint density at radius 3 is 2.44 bits per heavy atom. The standard InChI is InChI=1S/C13H25NO3S/c1-12(17-2)10-18(15,16)14-9-5-8-13(11-14)6-3-4-7-13/h12H,3-11H2,1-2H3/t12-/m1/s1. The Kier molecular flexibility index (Phi) is 4.34. The number of ether oxygens (including phenoxy) is 1. The first kappa shape index (κ1) is 14.3. The average molecular weight is 275 g/mol. The van der Waals surface area contributed by atoms with Crippen LogP contribution in [-0.4, -0.2) is 44.8 Å². The van der Waals surface area contributed by atoms with E-state index in [-0.39, 0.29) is 11.9 Å². The van der Waals surface area contributed by atoms with Gasteiger partial charge < -0.3 is 4.74 Å². The topological polar surface area (TPSA) is 46.6 Å². The minimum Gasteiger partial charge on any atom is -0.381 e. The maximum atomic E-state index is 12.3. The summed E-state index contributed by atoms with van der Waals surface area (Å²) in [5.41, 5.74) is 0.293. The third-order valence-electron chi connectivity index (χ3n) is 4.53. The Labute approximate surface area is 111 Å². The zero-order valence-electron chi connectivity index (χ0n) is 11.5. The number of hydrogen-bond donors (Lipinski definition) is 0. The lowest BCUT2D eigenvalue weighted by Crippen LogP contribution is -2.47. The minimum atomic E-state index is -3.15. The summed E-state index contributed by atoms with van der Waals surface area (Å²) in [5, 5.41) is 0. The zero-order valence-corrected chi connectivity index (χ0v) is 12.3. The highest BCUT2D eigenvalue weighted by Gasteiger charge is 2.41. The van der Waals surface area contributed by atoms with E-state index in [1.807, 2.05) is 6.92 Å². The van der Waals surface area contributed by atoms with Crippen molar-refractivity contribution in [1.29, 1.82) is 0 Å². The fraction of sp³-hybridized carbons (Fsp3) is 1.00. The summed E-state index contributed by atoms with van der Waals surface area (Å²) in [6.07, 6.45) is 6.94. The van der Waals surface area contributed by atoms with Gasteiger partial charge in [-0.1, -0.05) is 12.8 Å². The second kappa shape index (κ2) is 5.47. The van der Waals surface area contributed by atoms with E-state index >= 15 is 0 Å². The van der Waals surface area contributed by atoms with Gasteiger partial charge in [-0.25, -0.2) is 12.7 Å². The molecule has 0 aromatic carbocycles. The molecule has 2 rings (SSSR count). The Bertz CT molecular complexity index is 374. The predicted octanol–water partition coefficient (Wildman–Crippen LogP) is 2.01. The maximum absolute atomic E-state index is 12.3. The van der Waals surface area contributed by atoms with Crippen molar-refractivity contribution in [3.63, 3.8) is 0 Å². The van der Waals surface area contributed by atoms with Crippen LogP contribution < -0.4 is 0 Å². The molecule has 106 valence electrons. The van der Waals surface area contributed by atoms with Gasteiger partial charge in [0, 0.05) is 20.2 Å². The van der Waals surface area contributed by atoms with Crippen molar-refractivity contribution in [3.05, 3.63) is 0 Å². The summed E-state index contributed by atoms with van der Waals surface area (Å²) in [5.74, 6) is 0.111. The molecule has 4 nitrogen and oxygen atoms in total. The lowest BCUT2D eigenvalue weighted by Gasteiger charge is -2.40. The van der Waals surface area contributed by atoms with Gasteiger partial charge in [0.15, 0.2) is 0 Å². The molecular weight excluding hydrogens is 250 g/mol. The molecule has 1 aliphatic carbocycles. The number of piperidine rings is 1. The fourth-order valence-electron chi connectivity index (χ4n) is 3.40. The normalized spacial score (nSPS) is 26.6. The van der Waals surface area contributed by atoms with Crippen molar-refractivity contribution in [2.24, 2.45) is 5.41 Å². The molecule has 2 fully saturated rings. The molecule has 1 saturated heterocycles. The highest BCUT2D eigenvalue weighted by molar-refractivity contribution is 7.89. The van der Waals surface area contributed by atoms with Crippen molar-refractivity contribution >= 4 is 10.0 Å². The van der Waals surface area contributed by atoms with Gasteiger partial charge in [-0.3, -0.25) is 0 Å². The van der Waals surface area contributed by atoms with Gasteiger partial charge in [0.25, 0.3) is 0 Å². The van der Waals surface area contributed by atoms with Crippen LogP contribution in [0.3, 0.4) is 0 Å². The molecule has 1 saturated carbocycles. The molecule has 0 aromatic heterocycles. The fourth-order valence-corrected chi connectivity index (χ4v) is 5.22. The third-order valence-corrected chi connectivity index (χ3v) is 6.52. The van der Waals surface area contributed by atoms with Gasteiger partial charge in [0.1, 0.15) is 0 Å². The van der Waals surface area contributed by atoms with E-state index in [9.17, 15) is 8.42 Å². The van der Waals surface area contributed by atoms with Crippen LogP contribution in [0.25, 0.3) is 0 Å². The van der Waals surface area contributed by atoms with E-state index < -0.39 is 10.0 Å². The molecule has 0 bridgehead atoms. The predicted molar refractivity (Wildman–Crippen MR) is 72.0 cm³/mol.